The Balaban J connectivity index is 1.00. The van der Waals surface area contributed by atoms with Crippen molar-refractivity contribution in [1.29, 1.82) is 0 Å². The van der Waals surface area contributed by atoms with E-state index in [1.54, 1.807) is 17.2 Å². The van der Waals surface area contributed by atoms with Crippen molar-refractivity contribution >= 4 is 19.0 Å². The number of nitrogens with zero attached hydrogens (tertiary/aromatic N) is 2. The number of amides is 1. The molecule has 6 atom stereocenters. The topological polar surface area (TPSA) is 80.3 Å². The number of hydrogen-bond acceptors (Lipinski definition) is 7. The highest BCUT2D eigenvalue weighted by Gasteiger charge is 2.69. The largest absolute Gasteiger partial charge is 0.481 e. The molecule has 1 amide bonds. The standard InChI is InChI=1S/C27H38BN3O5/c1-26(2)19-14-21(26)27(3)22(15-19)34-28(36-27)23-10-7-12-31(23)24(32)16-29-20-11-13-30(17-20)35-25(33)18-8-5-4-6-9-18/h4-6,8-9,19-23,29H,7,10-17H2,1-3H3/t19-,20+,21-,22?,23?,27-/m0/s1. The van der Waals surface area contributed by atoms with Crippen LogP contribution in [0.2, 0.25) is 0 Å². The van der Waals surface area contributed by atoms with Gasteiger partial charge in [0.25, 0.3) is 0 Å². The molecule has 2 unspecified atom stereocenters. The highest BCUT2D eigenvalue weighted by Crippen LogP contribution is 2.65. The number of rotatable bonds is 6. The maximum atomic E-state index is 13.2. The van der Waals surface area contributed by atoms with Crippen molar-refractivity contribution in [2.24, 2.45) is 17.3 Å². The van der Waals surface area contributed by atoms with Gasteiger partial charge in [-0.15, -0.1) is 5.06 Å². The van der Waals surface area contributed by atoms with Gasteiger partial charge in [-0.2, -0.15) is 0 Å². The van der Waals surface area contributed by atoms with E-state index in [-0.39, 0.29) is 49.2 Å². The second kappa shape index (κ2) is 9.12. The molecule has 3 aliphatic carbocycles. The lowest BCUT2D eigenvalue weighted by Gasteiger charge is -2.64. The van der Waals surface area contributed by atoms with Crippen LogP contribution in [0, 0.1) is 17.3 Å². The summed E-state index contributed by atoms with van der Waals surface area (Å²) in [5.41, 5.74) is 0.599. The summed E-state index contributed by atoms with van der Waals surface area (Å²) in [6.45, 7) is 9.22. The Morgan fingerprint density at radius 1 is 1.14 bits per heavy atom. The van der Waals surface area contributed by atoms with E-state index in [4.69, 9.17) is 14.1 Å². The molecule has 1 aromatic rings. The summed E-state index contributed by atoms with van der Waals surface area (Å²) < 4.78 is 13.2. The van der Waals surface area contributed by atoms with Crippen molar-refractivity contribution in [2.75, 3.05) is 26.2 Å². The normalized spacial score (nSPS) is 37.0. The fourth-order valence-corrected chi connectivity index (χ4v) is 7.50. The van der Waals surface area contributed by atoms with Crippen LogP contribution in [-0.2, 0) is 18.9 Å². The molecule has 3 heterocycles. The number of carbonyl (C=O) groups is 2. The van der Waals surface area contributed by atoms with E-state index < -0.39 is 0 Å². The molecular weight excluding hydrogens is 457 g/mol. The van der Waals surface area contributed by atoms with E-state index in [2.05, 4.69) is 26.1 Å². The minimum atomic E-state index is -0.348. The molecule has 7 rings (SSSR count). The minimum Gasteiger partial charge on any atom is -0.404 e. The van der Waals surface area contributed by atoms with Crippen LogP contribution >= 0.6 is 0 Å². The van der Waals surface area contributed by atoms with Crippen molar-refractivity contribution in [3.05, 3.63) is 35.9 Å². The Kier molecular flexibility index (Phi) is 6.18. The smallest absolute Gasteiger partial charge is 0.404 e. The zero-order valence-corrected chi connectivity index (χ0v) is 21.7. The molecule has 0 radical (unpaired) electrons. The number of hydroxylamine groups is 2. The first kappa shape index (κ1) is 24.4. The van der Waals surface area contributed by atoms with Crippen LogP contribution in [0.15, 0.2) is 30.3 Å². The predicted molar refractivity (Wildman–Crippen MR) is 135 cm³/mol. The predicted octanol–water partition coefficient (Wildman–Crippen LogP) is 2.68. The fourth-order valence-electron chi connectivity index (χ4n) is 7.50. The lowest BCUT2D eigenvalue weighted by atomic mass is 9.43. The van der Waals surface area contributed by atoms with Crippen molar-refractivity contribution < 1.29 is 23.7 Å². The number of hydrogen-bond donors (Lipinski definition) is 1. The number of benzene rings is 1. The summed E-state index contributed by atoms with van der Waals surface area (Å²) in [6.07, 6.45) is 5.15. The number of likely N-dealkylation sites (tertiary alicyclic amines) is 1. The fraction of sp³-hybridized carbons (Fsp3) is 0.704. The molecule has 3 saturated heterocycles. The zero-order chi connectivity index (χ0) is 25.1. The van der Waals surface area contributed by atoms with Gasteiger partial charge in [0.05, 0.1) is 36.3 Å². The van der Waals surface area contributed by atoms with Gasteiger partial charge in [-0.05, 0) is 68.4 Å². The van der Waals surface area contributed by atoms with Gasteiger partial charge in [0, 0.05) is 19.1 Å². The maximum absolute atomic E-state index is 13.2. The Morgan fingerprint density at radius 3 is 2.72 bits per heavy atom. The summed E-state index contributed by atoms with van der Waals surface area (Å²) in [6, 6.07) is 9.11. The molecule has 9 heteroatoms. The third kappa shape index (κ3) is 4.08. The van der Waals surface area contributed by atoms with E-state index in [1.165, 1.54) is 6.42 Å². The monoisotopic (exact) mass is 495 g/mol. The Morgan fingerprint density at radius 2 is 1.94 bits per heavy atom. The zero-order valence-electron chi connectivity index (χ0n) is 21.7. The molecule has 36 heavy (non-hydrogen) atoms. The van der Waals surface area contributed by atoms with Crippen LogP contribution < -0.4 is 5.32 Å². The lowest BCUT2D eigenvalue weighted by molar-refractivity contribution is -0.199. The molecule has 1 aromatic carbocycles. The van der Waals surface area contributed by atoms with Gasteiger partial charge < -0.3 is 24.4 Å². The number of carbonyl (C=O) groups excluding carboxylic acids is 2. The first-order valence-electron chi connectivity index (χ1n) is 13.6. The molecule has 3 aliphatic heterocycles. The molecular formula is C27H38BN3O5. The lowest BCUT2D eigenvalue weighted by Crippen LogP contribution is -2.65. The van der Waals surface area contributed by atoms with Gasteiger partial charge in [-0.3, -0.25) is 4.79 Å². The van der Waals surface area contributed by atoms with Gasteiger partial charge in [0.2, 0.25) is 5.91 Å². The molecule has 0 aromatic heterocycles. The Hall–Kier alpha value is -1.94. The summed E-state index contributed by atoms with van der Waals surface area (Å²) >= 11 is 0. The van der Waals surface area contributed by atoms with Crippen molar-refractivity contribution in [1.82, 2.24) is 15.3 Å². The summed E-state index contributed by atoms with van der Waals surface area (Å²) in [5.74, 6) is 0.959. The van der Waals surface area contributed by atoms with Gasteiger partial charge in [0.1, 0.15) is 0 Å². The molecule has 194 valence electrons. The van der Waals surface area contributed by atoms with E-state index in [0.717, 1.165) is 32.2 Å². The summed E-state index contributed by atoms with van der Waals surface area (Å²) in [7, 11) is -0.332. The summed E-state index contributed by atoms with van der Waals surface area (Å²) in [5, 5.41) is 5.07. The average molecular weight is 495 g/mol. The second-order valence-corrected chi connectivity index (χ2v) is 12.1. The van der Waals surface area contributed by atoms with Gasteiger partial charge >= 0.3 is 13.1 Å². The highest BCUT2D eigenvalue weighted by molar-refractivity contribution is 6.48. The van der Waals surface area contributed by atoms with Crippen LogP contribution in [0.1, 0.15) is 63.2 Å². The van der Waals surface area contributed by atoms with Crippen molar-refractivity contribution in [2.45, 2.75) is 76.6 Å². The quantitative estimate of drug-likeness (QED) is 0.608. The average Bonchev–Trinajstić information content (AvgIpc) is 3.60. The third-order valence-electron chi connectivity index (χ3n) is 9.82. The van der Waals surface area contributed by atoms with E-state index in [0.29, 0.717) is 35.9 Å². The van der Waals surface area contributed by atoms with E-state index in [9.17, 15) is 9.59 Å². The molecule has 8 nitrogen and oxygen atoms in total. The second-order valence-electron chi connectivity index (χ2n) is 12.1. The van der Waals surface area contributed by atoms with E-state index >= 15 is 0 Å². The first-order chi connectivity index (χ1) is 17.3. The van der Waals surface area contributed by atoms with Gasteiger partial charge in [-0.25, -0.2) is 4.79 Å². The highest BCUT2D eigenvalue weighted by atomic mass is 16.7. The Bertz CT molecular complexity index is 1010. The summed E-state index contributed by atoms with van der Waals surface area (Å²) in [4.78, 5) is 33.0. The SMILES string of the molecule is CC1(C)[C@@H]2CC3OB(C4CCCN4C(=O)CN[C@@H]4CCN(OC(=O)c5ccccc5)C4)O[C@@]3(C)[C@H]1C2. The van der Waals surface area contributed by atoms with Crippen LogP contribution in [0.3, 0.4) is 0 Å². The molecule has 1 N–H and O–H groups in total. The molecule has 6 aliphatic rings. The van der Waals surface area contributed by atoms with Crippen LogP contribution in [0.4, 0.5) is 0 Å². The Labute approximate surface area is 214 Å². The molecule has 2 bridgehead atoms. The molecule has 6 fully saturated rings. The van der Waals surface area contributed by atoms with Crippen molar-refractivity contribution in [3.63, 3.8) is 0 Å². The van der Waals surface area contributed by atoms with E-state index in [1.807, 2.05) is 23.1 Å². The third-order valence-corrected chi connectivity index (χ3v) is 9.82. The molecule has 0 spiro atoms. The van der Waals surface area contributed by atoms with Crippen LogP contribution in [0.25, 0.3) is 0 Å². The number of nitrogens with one attached hydrogen (secondary N) is 1. The first-order valence-corrected chi connectivity index (χ1v) is 13.6. The minimum absolute atomic E-state index is 0.0195. The van der Waals surface area contributed by atoms with Gasteiger partial charge in [0.15, 0.2) is 0 Å². The van der Waals surface area contributed by atoms with Crippen molar-refractivity contribution in [3.8, 4) is 0 Å². The van der Waals surface area contributed by atoms with Crippen LogP contribution in [0.5, 0.6) is 0 Å². The van der Waals surface area contributed by atoms with Gasteiger partial charge in [-0.1, -0.05) is 32.0 Å². The maximum Gasteiger partial charge on any atom is 0.481 e. The molecule has 3 saturated carbocycles. The van der Waals surface area contributed by atoms with Crippen LogP contribution in [-0.4, -0.2) is 78.8 Å².